The summed E-state index contributed by atoms with van der Waals surface area (Å²) in [5.41, 5.74) is 3.97. The number of nitrogens with zero attached hydrogens (tertiary/aromatic N) is 3. The van der Waals surface area contributed by atoms with Crippen LogP contribution in [0.5, 0.6) is 0 Å². The minimum atomic E-state index is -0.257. The number of thiophene rings is 1. The minimum absolute atomic E-state index is 0.257. The number of hydrogen-bond acceptors (Lipinski definition) is 3. The minimum Gasteiger partial charge on any atom is -0.298 e. The molecular formula is C20H12FN3S. The third-order valence-electron chi connectivity index (χ3n) is 4.28. The van der Waals surface area contributed by atoms with E-state index in [1.165, 1.54) is 17.4 Å². The van der Waals surface area contributed by atoms with E-state index in [1.54, 1.807) is 12.5 Å². The highest BCUT2D eigenvalue weighted by molar-refractivity contribution is 7.13. The van der Waals surface area contributed by atoms with Crippen LogP contribution in [0, 0.1) is 5.82 Å². The molecule has 0 aliphatic rings. The van der Waals surface area contributed by atoms with Gasteiger partial charge in [0, 0.05) is 27.6 Å². The summed E-state index contributed by atoms with van der Waals surface area (Å²) in [4.78, 5) is 9.76. The van der Waals surface area contributed by atoms with E-state index in [9.17, 15) is 4.39 Å². The number of fused-ring (bicyclic) bond motifs is 3. The molecule has 0 bridgehead atoms. The van der Waals surface area contributed by atoms with Crippen molar-refractivity contribution < 1.29 is 4.39 Å². The predicted octanol–water partition coefficient (Wildman–Crippen LogP) is 5.44. The number of hydrogen-bond donors (Lipinski definition) is 0. The summed E-state index contributed by atoms with van der Waals surface area (Å²) in [5.74, 6) is -0.257. The largest absolute Gasteiger partial charge is 0.298 e. The quantitative estimate of drug-likeness (QED) is 0.426. The van der Waals surface area contributed by atoms with Crippen molar-refractivity contribution in [3.63, 3.8) is 0 Å². The maximum atomic E-state index is 14.6. The lowest BCUT2D eigenvalue weighted by Crippen LogP contribution is -1.94. The molecule has 3 heterocycles. The number of aromatic nitrogens is 3. The van der Waals surface area contributed by atoms with Crippen LogP contribution in [0.4, 0.5) is 4.39 Å². The van der Waals surface area contributed by atoms with E-state index in [-0.39, 0.29) is 5.82 Å². The summed E-state index contributed by atoms with van der Waals surface area (Å²) in [6.07, 6.45) is 3.48. The standard InChI is InChI=1S/C20H12FN3S/c21-16-10-17-15(9-14(16)19-7-4-8-25-19)20-18(11-22-17)23-12-24(20)13-5-2-1-3-6-13/h1-12H. The van der Waals surface area contributed by atoms with Gasteiger partial charge in [0.2, 0.25) is 0 Å². The maximum Gasteiger partial charge on any atom is 0.134 e. The summed E-state index contributed by atoms with van der Waals surface area (Å²) in [5, 5.41) is 2.84. The predicted molar refractivity (Wildman–Crippen MR) is 99.6 cm³/mol. The number of benzene rings is 2. The highest BCUT2D eigenvalue weighted by Gasteiger charge is 2.14. The number of pyridine rings is 1. The SMILES string of the molecule is Fc1cc2ncc3ncn(-c4ccccc4)c3c2cc1-c1cccs1. The molecule has 0 unspecified atom stereocenters. The molecule has 5 aromatic rings. The number of imidazole rings is 1. The Morgan fingerprint density at radius 1 is 0.920 bits per heavy atom. The molecule has 0 fully saturated rings. The first-order valence-corrected chi connectivity index (χ1v) is 8.74. The van der Waals surface area contributed by atoms with Gasteiger partial charge in [-0.05, 0) is 29.6 Å². The Balaban J connectivity index is 1.88. The first-order chi connectivity index (χ1) is 12.3. The van der Waals surface area contributed by atoms with Crippen molar-refractivity contribution in [1.29, 1.82) is 0 Å². The summed E-state index contributed by atoms with van der Waals surface area (Å²) < 4.78 is 16.6. The van der Waals surface area contributed by atoms with Gasteiger partial charge in [-0.15, -0.1) is 11.3 Å². The van der Waals surface area contributed by atoms with Crippen LogP contribution in [0.3, 0.4) is 0 Å². The van der Waals surface area contributed by atoms with Crippen LogP contribution in [0.2, 0.25) is 0 Å². The van der Waals surface area contributed by atoms with Crippen molar-refractivity contribution in [2.24, 2.45) is 0 Å². The van der Waals surface area contributed by atoms with Crippen LogP contribution in [0.25, 0.3) is 38.1 Å². The molecule has 25 heavy (non-hydrogen) atoms. The van der Waals surface area contributed by atoms with Crippen LogP contribution in [-0.4, -0.2) is 14.5 Å². The Morgan fingerprint density at radius 3 is 2.60 bits per heavy atom. The molecule has 0 aliphatic carbocycles. The highest BCUT2D eigenvalue weighted by Crippen LogP contribution is 2.33. The molecule has 120 valence electrons. The van der Waals surface area contributed by atoms with Crippen molar-refractivity contribution in [2.45, 2.75) is 0 Å². The lowest BCUT2D eigenvalue weighted by molar-refractivity contribution is 0.633. The lowest BCUT2D eigenvalue weighted by atomic mass is 10.1. The van der Waals surface area contributed by atoms with E-state index in [0.717, 1.165) is 27.0 Å². The smallest absolute Gasteiger partial charge is 0.134 e. The van der Waals surface area contributed by atoms with Gasteiger partial charge in [0.15, 0.2) is 0 Å². The zero-order valence-electron chi connectivity index (χ0n) is 13.1. The molecule has 5 rings (SSSR count). The van der Waals surface area contributed by atoms with Crippen molar-refractivity contribution in [1.82, 2.24) is 14.5 Å². The van der Waals surface area contributed by atoms with Gasteiger partial charge in [0.05, 0.1) is 17.2 Å². The Labute approximate surface area is 147 Å². The van der Waals surface area contributed by atoms with Gasteiger partial charge in [-0.1, -0.05) is 24.3 Å². The average molecular weight is 345 g/mol. The number of halogens is 1. The highest BCUT2D eigenvalue weighted by atomic mass is 32.1. The van der Waals surface area contributed by atoms with E-state index < -0.39 is 0 Å². The zero-order valence-corrected chi connectivity index (χ0v) is 13.9. The molecule has 3 aromatic heterocycles. The Hall–Kier alpha value is -3.05. The van der Waals surface area contributed by atoms with Crippen LogP contribution >= 0.6 is 11.3 Å². The summed E-state index contributed by atoms with van der Waals surface area (Å²) in [6, 6.07) is 17.2. The van der Waals surface area contributed by atoms with Crippen LogP contribution < -0.4 is 0 Å². The molecule has 0 amide bonds. The van der Waals surface area contributed by atoms with Crippen molar-refractivity contribution in [2.75, 3.05) is 0 Å². The summed E-state index contributed by atoms with van der Waals surface area (Å²) in [6.45, 7) is 0. The Morgan fingerprint density at radius 2 is 1.80 bits per heavy atom. The molecule has 0 radical (unpaired) electrons. The molecule has 0 saturated carbocycles. The second-order valence-corrected chi connectivity index (χ2v) is 6.72. The molecule has 0 spiro atoms. The number of para-hydroxylation sites is 1. The molecule has 3 nitrogen and oxygen atoms in total. The number of rotatable bonds is 2. The zero-order chi connectivity index (χ0) is 16.8. The molecule has 0 N–H and O–H groups in total. The fourth-order valence-corrected chi connectivity index (χ4v) is 3.86. The van der Waals surface area contributed by atoms with Gasteiger partial charge in [-0.25, -0.2) is 9.37 Å². The Kier molecular flexibility index (Phi) is 3.15. The summed E-state index contributed by atoms with van der Waals surface area (Å²) >= 11 is 1.52. The lowest BCUT2D eigenvalue weighted by Gasteiger charge is -2.08. The van der Waals surface area contributed by atoms with Gasteiger partial charge < -0.3 is 0 Å². The van der Waals surface area contributed by atoms with E-state index in [0.29, 0.717) is 11.1 Å². The first kappa shape index (κ1) is 14.3. The van der Waals surface area contributed by atoms with Crippen LogP contribution in [0.1, 0.15) is 0 Å². The van der Waals surface area contributed by atoms with Gasteiger partial charge in [0.25, 0.3) is 0 Å². The van der Waals surface area contributed by atoms with E-state index >= 15 is 0 Å². The third kappa shape index (κ3) is 2.24. The topological polar surface area (TPSA) is 30.7 Å². The molecular weight excluding hydrogens is 333 g/mol. The second kappa shape index (κ2) is 5.50. The average Bonchev–Trinajstić information content (AvgIpc) is 3.31. The normalized spacial score (nSPS) is 11.4. The molecule has 2 aromatic carbocycles. The maximum absolute atomic E-state index is 14.6. The van der Waals surface area contributed by atoms with E-state index in [1.807, 2.05) is 58.5 Å². The van der Waals surface area contributed by atoms with E-state index in [2.05, 4.69) is 9.97 Å². The molecule has 0 aliphatic heterocycles. The van der Waals surface area contributed by atoms with E-state index in [4.69, 9.17) is 0 Å². The van der Waals surface area contributed by atoms with Gasteiger partial charge in [-0.3, -0.25) is 9.55 Å². The molecule has 0 saturated heterocycles. The van der Waals surface area contributed by atoms with Crippen LogP contribution in [-0.2, 0) is 0 Å². The second-order valence-electron chi connectivity index (χ2n) is 5.77. The van der Waals surface area contributed by atoms with Crippen molar-refractivity contribution >= 4 is 33.3 Å². The third-order valence-corrected chi connectivity index (χ3v) is 5.19. The molecule has 5 heteroatoms. The van der Waals surface area contributed by atoms with Crippen molar-refractivity contribution in [3.05, 3.63) is 78.3 Å². The fourth-order valence-electron chi connectivity index (χ4n) is 3.12. The molecule has 0 atom stereocenters. The van der Waals surface area contributed by atoms with Gasteiger partial charge in [-0.2, -0.15) is 0 Å². The van der Waals surface area contributed by atoms with Gasteiger partial charge >= 0.3 is 0 Å². The fraction of sp³-hybridized carbons (Fsp3) is 0. The summed E-state index contributed by atoms with van der Waals surface area (Å²) in [7, 11) is 0. The van der Waals surface area contributed by atoms with Gasteiger partial charge in [0.1, 0.15) is 17.7 Å². The first-order valence-electron chi connectivity index (χ1n) is 7.86. The van der Waals surface area contributed by atoms with Crippen LogP contribution in [0.15, 0.2) is 72.5 Å². The Bertz CT molecular complexity index is 1190. The monoisotopic (exact) mass is 345 g/mol. The van der Waals surface area contributed by atoms with Crippen molar-refractivity contribution in [3.8, 4) is 16.1 Å².